The fourth-order valence-electron chi connectivity index (χ4n) is 0.249. The molecule has 12 nitrogen and oxygen atoms in total. The summed E-state index contributed by atoms with van der Waals surface area (Å²) < 4.78 is 72.3. The molecule has 0 aliphatic carbocycles. The van der Waals surface area contributed by atoms with Gasteiger partial charge in [-0.2, -0.15) is 25.3 Å². The molecule has 0 spiro atoms. The quantitative estimate of drug-likeness (QED) is 0.184. The topological polar surface area (TPSA) is 178 Å². The lowest BCUT2D eigenvalue weighted by atomic mass is 12.7. The van der Waals surface area contributed by atoms with Crippen molar-refractivity contribution in [1.82, 2.24) is 3.82 Å². The average molecular weight is 318 g/mol. The Hall–Kier alpha value is -0.680. The van der Waals surface area contributed by atoms with Crippen LogP contribution < -0.4 is 0 Å². The standard InChI is InChI=1S/H2N2O10S4/c3-1(4)2(13)14(5,6)12-16(10,11)15(7,8)9/h13H,(H,7,8,9). The van der Waals surface area contributed by atoms with Gasteiger partial charge in [-0.15, -0.1) is 3.63 Å². The molecule has 0 rings (SSSR count). The van der Waals surface area contributed by atoms with Gasteiger partial charge in [0.05, 0.1) is 3.82 Å². The van der Waals surface area contributed by atoms with Gasteiger partial charge in [0.1, 0.15) is 0 Å². The molecule has 0 aliphatic heterocycles. The molecule has 0 atom stereocenters. The monoisotopic (exact) mass is 318 g/mol. The summed E-state index contributed by atoms with van der Waals surface area (Å²) in [7, 11) is -17.5. The minimum absolute atomic E-state index is 1.10. The molecular weight excluding hydrogens is 316 g/mol. The summed E-state index contributed by atoms with van der Waals surface area (Å²) in [5.74, 6) is 0. The van der Waals surface area contributed by atoms with Crippen molar-refractivity contribution in [2.75, 3.05) is 0 Å². The van der Waals surface area contributed by atoms with Crippen LogP contribution in [0.1, 0.15) is 0 Å². The van der Waals surface area contributed by atoms with E-state index in [9.17, 15) is 35.4 Å². The summed E-state index contributed by atoms with van der Waals surface area (Å²) in [5, 5.41) is 8.15. The van der Waals surface area contributed by atoms with E-state index in [0.29, 0.717) is 0 Å². The zero-order valence-corrected chi connectivity index (χ0v) is 10.0. The second-order valence-electron chi connectivity index (χ2n) is 1.82. The van der Waals surface area contributed by atoms with Crippen molar-refractivity contribution in [2.45, 2.75) is 0 Å². The van der Waals surface area contributed by atoms with E-state index >= 15 is 0 Å². The van der Waals surface area contributed by atoms with Crippen molar-refractivity contribution in [1.29, 1.82) is 0 Å². The highest BCUT2D eigenvalue weighted by Gasteiger charge is 2.41. The molecule has 0 unspecified atom stereocenters. The molecule has 1 N–H and O–H groups in total. The van der Waals surface area contributed by atoms with Crippen LogP contribution in [0.4, 0.5) is 0 Å². The van der Waals surface area contributed by atoms with E-state index in [4.69, 9.17) is 4.55 Å². The van der Waals surface area contributed by atoms with Gasteiger partial charge in [0, 0.05) is 12.8 Å². The Kier molecular flexibility index (Phi) is 4.11. The summed E-state index contributed by atoms with van der Waals surface area (Å²) in [4.78, 5) is 9.87. The summed E-state index contributed by atoms with van der Waals surface area (Å²) in [6.07, 6.45) is 0. The van der Waals surface area contributed by atoms with E-state index in [1.54, 1.807) is 0 Å². The smallest absolute Gasteiger partial charge is 0.272 e. The molecule has 0 heterocycles. The molecule has 0 saturated heterocycles. The zero-order chi connectivity index (χ0) is 13.4. The molecule has 0 bridgehead atoms. The lowest BCUT2D eigenvalue weighted by Crippen LogP contribution is -2.33. The Bertz CT molecular complexity index is 575. The van der Waals surface area contributed by atoms with Crippen LogP contribution in [0.5, 0.6) is 0 Å². The summed E-state index contributed by atoms with van der Waals surface area (Å²) >= 11 is 2.69. The largest absolute Gasteiger partial charge is 0.438 e. The predicted molar refractivity (Wildman–Crippen MR) is 48.3 cm³/mol. The van der Waals surface area contributed by atoms with E-state index in [1.165, 1.54) is 0 Å². The average Bonchev–Trinajstić information content (AvgIpc) is 1.98. The Labute approximate surface area is 94.0 Å². The van der Waals surface area contributed by atoms with Gasteiger partial charge in [0.15, 0.2) is 5.03 Å². The first-order valence-corrected chi connectivity index (χ1v) is 7.76. The van der Waals surface area contributed by atoms with Crippen molar-refractivity contribution < 1.29 is 38.5 Å². The van der Waals surface area contributed by atoms with Gasteiger partial charge < -0.3 is 0 Å². The minimum Gasteiger partial charge on any atom is -0.272 e. The SMILES string of the molecule is O=[N+]([O-])N(S)S(=O)(=O)OS(=O)(=O)S(=O)(=O)O. The first-order chi connectivity index (χ1) is 6.81. The first kappa shape index (κ1) is 15.3. The van der Waals surface area contributed by atoms with E-state index < -0.39 is 37.5 Å². The fourth-order valence-corrected chi connectivity index (χ4v) is 3.26. The Balaban J connectivity index is 5.42. The zero-order valence-electron chi connectivity index (χ0n) is 6.69. The Morgan fingerprint density at radius 1 is 1.19 bits per heavy atom. The van der Waals surface area contributed by atoms with Gasteiger partial charge >= 0.3 is 28.6 Å². The molecule has 0 aromatic carbocycles. The molecule has 0 amide bonds. The molecule has 0 radical (unpaired) electrons. The van der Waals surface area contributed by atoms with Gasteiger partial charge in [-0.1, -0.05) is 0 Å². The second-order valence-corrected chi connectivity index (χ2v) is 8.38. The molecule has 0 aromatic rings. The minimum atomic E-state index is -5.99. The molecule has 0 saturated carbocycles. The van der Waals surface area contributed by atoms with Crippen molar-refractivity contribution in [3.63, 3.8) is 0 Å². The molecule has 16 heteroatoms. The lowest BCUT2D eigenvalue weighted by molar-refractivity contribution is -0.584. The van der Waals surface area contributed by atoms with Crippen LogP contribution >= 0.6 is 12.8 Å². The van der Waals surface area contributed by atoms with Crippen LogP contribution in [0, 0.1) is 10.1 Å². The maximum atomic E-state index is 10.7. The lowest BCUT2D eigenvalue weighted by Gasteiger charge is -2.05. The highest BCUT2D eigenvalue weighted by molar-refractivity contribution is 8.63. The van der Waals surface area contributed by atoms with E-state index in [-0.39, 0.29) is 0 Å². The third-order valence-electron chi connectivity index (χ3n) is 0.767. The predicted octanol–water partition coefficient (Wildman–Crippen LogP) is -2.28. The van der Waals surface area contributed by atoms with Crippen LogP contribution in [0.3, 0.4) is 0 Å². The molecule has 0 aliphatic rings. The number of nitrogens with zero attached hydrogens (tertiary/aromatic N) is 2. The third kappa shape index (κ3) is 3.42. The highest BCUT2D eigenvalue weighted by atomic mass is 33.2. The molecule has 0 fully saturated rings. The number of hydrogen-bond acceptors (Lipinski definition) is 10. The van der Waals surface area contributed by atoms with Gasteiger partial charge in [-0.05, 0) is 0 Å². The summed E-state index contributed by atoms with van der Waals surface area (Å²) in [5.41, 5.74) is 0. The Morgan fingerprint density at radius 3 is 1.81 bits per heavy atom. The van der Waals surface area contributed by atoms with Crippen LogP contribution in [-0.2, 0) is 32.2 Å². The van der Waals surface area contributed by atoms with Gasteiger partial charge in [0.2, 0.25) is 0 Å². The number of nitro groups is 1. The first-order valence-electron chi connectivity index (χ1n) is 2.63. The molecule has 0 aromatic heterocycles. The van der Waals surface area contributed by atoms with Crippen molar-refractivity contribution in [2.24, 2.45) is 0 Å². The second kappa shape index (κ2) is 4.30. The molecule has 16 heavy (non-hydrogen) atoms. The summed E-state index contributed by atoms with van der Waals surface area (Å²) in [6, 6.07) is 0. The molecule has 96 valence electrons. The molecular formula is H2N2O10S4. The number of hydrazine groups is 1. The maximum Gasteiger partial charge on any atom is 0.438 e. The van der Waals surface area contributed by atoms with Crippen LogP contribution in [0.25, 0.3) is 0 Å². The van der Waals surface area contributed by atoms with Crippen LogP contribution in [-0.4, -0.2) is 38.7 Å². The van der Waals surface area contributed by atoms with Gasteiger partial charge in [0.25, 0.3) is 0 Å². The third-order valence-corrected chi connectivity index (χ3v) is 5.96. The summed E-state index contributed by atoms with van der Waals surface area (Å²) in [6.45, 7) is 0. The van der Waals surface area contributed by atoms with Gasteiger partial charge in [-0.25, -0.2) is 10.1 Å². The van der Waals surface area contributed by atoms with E-state index in [2.05, 4.69) is 16.4 Å². The Morgan fingerprint density at radius 2 is 1.56 bits per heavy atom. The normalized spacial score (nSPS) is 13.4. The van der Waals surface area contributed by atoms with Crippen molar-refractivity contribution in [3.8, 4) is 0 Å². The van der Waals surface area contributed by atoms with Crippen molar-refractivity contribution in [3.05, 3.63) is 10.1 Å². The van der Waals surface area contributed by atoms with E-state index in [1.807, 2.05) is 0 Å². The van der Waals surface area contributed by atoms with E-state index in [0.717, 1.165) is 0 Å². The van der Waals surface area contributed by atoms with Crippen LogP contribution in [0.2, 0.25) is 0 Å². The number of hydrogen-bond donors (Lipinski definition) is 2. The highest BCUT2D eigenvalue weighted by Crippen LogP contribution is 2.13. The van der Waals surface area contributed by atoms with Crippen molar-refractivity contribution >= 4 is 41.4 Å². The fraction of sp³-hybridized carbons (Fsp3) is 0. The maximum absolute atomic E-state index is 10.7. The number of rotatable bonds is 5. The van der Waals surface area contributed by atoms with Crippen LogP contribution in [0.15, 0.2) is 0 Å². The number of thiol groups is 1. The van der Waals surface area contributed by atoms with Gasteiger partial charge in [-0.3, -0.25) is 4.55 Å².